The van der Waals surface area contributed by atoms with Crippen molar-refractivity contribution < 1.29 is 17.2 Å². The van der Waals surface area contributed by atoms with Crippen LogP contribution in [0.15, 0.2) is 18.2 Å². The molecule has 0 bridgehead atoms. The van der Waals surface area contributed by atoms with Crippen molar-refractivity contribution >= 4 is 10.0 Å². The lowest BCUT2D eigenvalue weighted by atomic mass is 10.2. The molecule has 0 aromatic heterocycles. The SMILES string of the molecule is CN(C)S(=O)(=O)CCNCc1cc(F)cc(F)c1. The predicted octanol–water partition coefficient (Wildman–Crippen LogP) is 0.946. The van der Waals surface area contributed by atoms with E-state index in [1.54, 1.807) is 0 Å². The zero-order chi connectivity index (χ0) is 13.8. The summed E-state index contributed by atoms with van der Waals surface area (Å²) < 4.78 is 49.7. The van der Waals surface area contributed by atoms with Crippen LogP contribution >= 0.6 is 0 Å². The first-order valence-electron chi connectivity index (χ1n) is 5.37. The molecule has 0 unspecified atom stereocenters. The van der Waals surface area contributed by atoms with Crippen LogP contribution in [-0.4, -0.2) is 39.1 Å². The first-order valence-corrected chi connectivity index (χ1v) is 6.98. The molecule has 4 nitrogen and oxygen atoms in total. The Balaban J connectivity index is 2.43. The third kappa shape index (κ3) is 4.67. The summed E-state index contributed by atoms with van der Waals surface area (Å²) in [5.41, 5.74) is 0.440. The van der Waals surface area contributed by atoms with Crippen LogP contribution in [0.2, 0.25) is 0 Å². The van der Waals surface area contributed by atoms with Crippen molar-refractivity contribution in [1.29, 1.82) is 0 Å². The van der Waals surface area contributed by atoms with Crippen molar-refractivity contribution in [3.63, 3.8) is 0 Å². The summed E-state index contributed by atoms with van der Waals surface area (Å²) in [5, 5.41) is 2.83. The van der Waals surface area contributed by atoms with Crippen LogP contribution in [0.5, 0.6) is 0 Å². The molecule has 7 heteroatoms. The lowest BCUT2D eigenvalue weighted by Gasteiger charge is -2.11. The second kappa shape index (κ2) is 6.21. The van der Waals surface area contributed by atoms with Crippen LogP contribution in [0.4, 0.5) is 8.78 Å². The topological polar surface area (TPSA) is 49.4 Å². The summed E-state index contributed by atoms with van der Waals surface area (Å²) in [7, 11) is -0.335. The second-order valence-corrected chi connectivity index (χ2v) is 6.36. The maximum Gasteiger partial charge on any atom is 0.214 e. The maximum absolute atomic E-state index is 12.9. The zero-order valence-corrected chi connectivity index (χ0v) is 11.1. The number of rotatable bonds is 6. The van der Waals surface area contributed by atoms with Gasteiger partial charge in [-0.05, 0) is 17.7 Å². The van der Waals surface area contributed by atoms with Gasteiger partial charge in [0.25, 0.3) is 0 Å². The molecule has 0 saturated carbocycles. The molecule has 0 aliphatic carbocycles. The van der Waals surface area contributed by atoms with Crippen LogP contribution < -0.4 is 5.32 Å². The molecule has 1 N–H and O–H groups in total. The Morgan fingerprint density at radius 2 is 1.72 bits per heavy atom. The molecule has 0 fully saturated rings. The van der Waals surface area contributed by atoms with Gasteiger partial charge in [-0.3, -0.25) is 0 Å². The quantitative estimate of drug-likeness (QED) is 0.788. The van der Waals surface area contributed by atoms with Crippen molar-refractivity contribution in [3.05, 3.63) is 35.4 Å². The third-order valence-electron chi connectivity index (χ3n) is 2.34. The molecule has 1 aromatic carbocycles. The first-order chi connectivity index (χ1) is 8.31. The van der Waals surface area contributed by atoms with Gasteiger partial charge in [0.2, 0.25) is 10.0 Å². The van der Waals surface area contributed by atoms with Gasteiger partial charge < -0.3 is 5.32 Å². The molecule has 18 heavy (non-hydrogen) atoms. The normalized spacial score (nSPS) is 12.1. The van der Waals surface area contributed by atoms with Crippen LogP contribution in [0.1, 0.15) is 5.56 Å². The highest BCUT2D eigenvalue weighted by atomic mass is 32.2. The highest BCUT2D eigenvalue weighted by Gasteiger charge is 2.12. The number of sulfonamides is 1. The fraction of sp³-hybridized carbons (Fsp3) is 0.455. The highest BCUT2D eigenvalue weighted by molar-refractivity contribution is 7.89. The van der Waals surface area contributed by atoms with E-state index in [-0.39, 0.29) is 18.8 Å². The van der Waals surface area contributed by atoms with Crippen LogP contribution in [0.3, 0.4) is 0 Å². The summed E-state index contributed by atoms with van der Waals surface area (Å²) in [6, 6.07) is 3.20. The largest absolute Gasteiger partial charge is 0.312 e. The van der Waals surface area contributed by atoms with Crippen molar-refractivity contribution in [2.75, 3.05) is 26.4 Å². The van der Waals surface area contributed by atoms with Crippen LogP contribution in [0, 0.1) is 11.6 Å². The van der Waals surface area contributed by atoms with E-state index in [1.807, 2.05) is 0 Å². The Bertz CT molecular complexity index is 484. The molecule has 0 spiro atoms. The Hall–Kier alpha value is -1.05. The van der Waals surface area contributed by atoms with E-state index in [2.05, 4.69) is 5.32 Å². The van der Waals surface area contributed by atoms with Crippen LogP contribution in [-0.2, 0) is 16.6 Å². The molecule has 0 saturated heterocycles. The van der Waals surface area contributed by atoms with Gasteiger partial charge in [-0.15, -0.1) is 0 Å². The monoisotopic (exact) mass is 278 g/mol. The molecule has 0 aliphatic rings. The van der Waals surface area contributed by atoms with Crippen molar-refractivity contribution in [1.82, 2.24) is 9.62 Å². The number of nitrogens with zero attached hydrogens (tertiary/aromatic N) is 1. The number of benzene rings is 1. The fourth-order valence-electron chi connectivity index (χ4n) is 1.33. The van der Waals surface area contributed by atoms with Crippen molar-refractivity contribution in [2.24, 2.45) is 0 Å². The van der Waals surface area contributed by atoms with Gasteiger partial charge in [0.05, 0.1) is 5.75 Å². The maximum atomic E-state index is 12.9. The van der Waals surface area contributed by atoms with Crippen molar-refractivity contribution in [3.8, 4) is 0 Å². The van der Waals surface area contributed by atoms with Crippen molar-refractivity contribution in [2.45, 2.75) is 6.54 Å². The van der Waals surface area contributed by atoms with E-state index < -0.39 is 21.7 Å². The van der Waals surface area contributed by atoms with Gasteiger partial charge in [-0.25, -0.2) is 21.5 Å². The predicted molar refractivity (Wildman–Crippen MR) is 65.5 cm³/mol. The van der Waals surface area contributed by atoms with E-state index in [0.29, 0.717) is 5.56 Å². The first kappa shape index (κ1) is 15.0. The molecule has 1 rings (SSSR count). The molecule has 1 aromatic rings. The molecule has 0 amide bonds. The molecule has 102 valence electrons. The van der Waals surface area contributed by atoms with Gasteiger partial charge >= 0.3 is 0 Å². The summed E-state index contributed by atoms with van der Waals surface area (Å²) in [6.07, 6.45) is 0. The molecule has 0 atom stereocenters. The average molecular weight is 278 g/mol. The molecular weight excluding hydrogens is 262 g/mol. The van der Waals surface area contributed by atoms with E-state index in [1.165, 1.54) is 26.2 Å². The van der Waals surface area contributed by atoms with Gasteiger partial charge in [0, 0.05) is 33.3 Å². The lowest BCUT2D eigenvalue weighted by Crippen LogP contribution is -2.31. The minimum atomic E-state index is -3.25. The highest BCUT2D eigenvalue weighted by Crippen LogP contribution is 2.07. The fourth-order valence-corrected chi connectivity index (χ4v) is 2.10. The van der Waals surface area contributed by atoms with Gasteiger partial charge in [0.1, 0.15) is 11.6 Å². The van der Waals surface area contributed by atoms with E-state index in [4.69, 9.17) is 0 Å². The smallest absolute Gasteiger partial charge is 0.214 e. The van der Waals surface area contributed by atoms with Gasteiger partial charge in [0.15, 0.2) is 0 Å². The number of nitrogens with one attached hydrogen (secondary N) is 1. The molecule has 0 radical (unpaired) electrons. The molecule has 0 aliphatic heterocycles. The number of halogens is 2. The summed E-state index contributed by atoms with van der Waals surface area (Å²) in [5.74, 6) is -1.35. The second-order valence-electron chi connectivity index (χ2n) is 4.05. The Labute approximate surface area is 106 Å². The number of hydrogen-bond acceptors (Lipinski definition) is 3. The average Bonchev–Trinajstić information content (AvgIpc) is 2.23. The lowest BCUT2D eigenvalue weighted by molar-refractivity contribution is 0.517. The summed E-state index contributed by atoms with van der Waals surface area (Å²) >= 11 is 0. The Kier molecular flexibility index (Phi) is 5.18. The third-order valence-corrected chi connectivity index (χ3v) is 4.18. The summed E-state index contributed by atoms with van der Waals surface area (Å²) in [6.45, 7) is 0.441. The van der Waals surface area contributed by atoms with Gasteiger partial charge in [-0.2, -0.15) is 0 Å². The number of hydrogen-bond donors (Lipinski definition) is 1. The van der Waals surface area contributed by atoms with Gasteiger partial charge in [-0.1, -0.05) is 0 Å². The minimum absolute atomic E-state index is 0.0577. The summed E-state index contributed by atoms with van der Waals surface area (Å²) in [4.78, 5) is 0. The zero-order valence-electron chi connectivity index (χ0n) is 10.3. The van der Waals surface area contributed by atoms with E-state index in [9.17, 15) is 17.2 Å². The van der Waals surface area contributed by atoms with E-state index >= 15 is 0 Å². The Morgan fingerprint density at radius 1 is 1.17 bits per heavy atom. The van der Waals surface area contributed by atoms with E-state index in [0.717, 1.165) is 10.4 Å². The minimum Gasteiger partial charge on any atom is -0.312 e. The molecular formula is C11H16F2N2O2S. The molecule has 0 heterocycles. The Morgan fingerprint density at radius 3 is 2.22 bits per heavy atom. The standard InChI is InChI=1S/C11H16F2N2O2S/c1-15(2)18(16,17)4-3-14-8-9-5-10(12)7-11(13)6-9/h5-7,14H,3-4,8H2,1-2H3. The van der Waals surface area contributed by atoms with Crippen LogP contribution in [0.25, 0.3) is 0 Å².